The van der Waals surface area contributed by atoms with Crippen LogP contribution in [0, 0.1) is 6.92 Å². The third kappa shape index (κ3) is 2.88. The van der Waals surface area contributed by atoms with Crippen LogP contribution >= 0.6 is 0 Å². The van der Waals surface area contributed by atoms with Gasteiger partial charge in [-0.05, 0) is 48.2 Å². The number of benzene rings is 2. The van der Waals surface area contributed by atoms with Crippen LogP contribution in [-0.4, -0.2) is 0 Å². The van der Waals surface area contributed by atoms with E-state index in [1.807, 2.05) is 36.4 Å². The molecule has 0 saturated heterocycles. The van der Waals surface area contributed by atoms with Crippen molar-refractivity contribution in [1.29, 1.82) is 0 Å². The number of hydrogen-bond donors (Lipinski definition) is 0. The molecule has 0 N–H and O–H groups in total. The van der Waals surface area contributed by atoms with Crippen molar-refractivity contribution >= 4 is 0 Å². The topological polar surface area (TPSA) is 9.23 Å². The van der Waals surface area contributed by atoms with Crippen LogP contribution in [0.1, 0.15) is 30.9 Å². The number of ether oxygens (including phenoxy) is 1. The Morgan fingerprint density at radius 1 is 0.882 bits per heavy atom. The highest BCUT2D eigenvalue weighted by Crippen LogP contribution is 2.27. The summed E-state index contributed by atoms with van der Waals surface area (Å²) >= 11 is 0. The summed E-state index contributed by atoms with van der Waals surface area (Å²) < 4.78 is 5.82. The highest BCUT2D eigenvalue weighted by Gasteiger charge is 2.05. The van der Waals surface area contributed by atoms with Crippen LogP contribution in [0.3, 0.4) is 0 Å². The lowest BCUT2D eigenvalue weighted by molar-refractivity contribution is 0.481. The van der Waals surface area contributed by atoms with Gasteiger partial charge in [-0.3, -0.25) is 0 Å². The fourth-order valence-electron chi connectivity index (χ4n) is 1.93. The maximum atomic E-state index is 5.82. The molecule has 0 bridgehead atoms. The number of rotatable bonds is 3. The second-order valence-electron chi connectivity index (χ2n) is 4.59. The Morgan fingerprint density at radius 3 is 2.24 bits per heavy atom. The van der Waals surface area contributed by atoms with Gasteiger partial charge in [-0.15, -0.1) is 0 Å². The smallest absolute Gasteiger partial charge is 0.127 e. The summed E-state index contributed by atoms with van der Waals surface area (Å²) in [7, 11) is 0. The summed E-state index contributed by atoms with van der Waals surface area (Å²) in [5.41, 5.74) is 2.67. The summed E-state index contributed by atoms with van der Waals surface area (Å²) in [6.07, 6.45) is 0. The van der Waals surface area contributed by atoms with E-state index >= 15 is 0 Å². The van der Waals surface area contributed by atoms with Crippen LogP contribution < -0.4 is 4.74 Å². The molecule has 0 aromatic heterocycles. The molecule has 0 atom stereocenters. The van der Waals surface area contributed by atoms with E-state index in [0.29, 0.717) is 5.92 Å². The van der Waals surface area contributed by atoms with Crippen molar-refractivity contribution < 1.29 is 4.74 Å². The molecule has 0 spiro atoms. The average Bonchev–Trinajstić information content (AvgIpc) is 2.32. The van der Waals surface area contributed by atoms with Crippen LogP contribution in [-0.2, 0) is 0 Å². The van der Waals surface area contributed by atoms with Crippen molar-refractivity contribution in [2.75, 3.05) is 0 Å². The molecule has 17 heavy (non-hydrogen) atoms. The molecule has 0 aliphatic heterocycles. The van der Waals surface area contributed by atoms with E-state index in [9.17, 15) is 0 Å². The predicted molar refractivity (Wildman–Crippen MR) is 71.8 cm³/mol. The summed E-state index contributed by atoms with van der Waals surface area (Å²) in [6.45, 7) is 6.55. The first-order valence-electron chi connectivity index (χ1n) is 6.00. The summed E-state index contributed by atoms with van der Waals surface area (Å²) in [4.78, 5) is 0. The number of hydrogen-bond acceptors (Lipinski definition) is 1. The molecule has 0 radical (unpaired) electrons. The van der Waals surface area contributed by atoms with Crippen molar-refractivity contribution in [3.63, 3.8) is 0 Å². The van der Waals surface area contributed by atoms with Gasteiger partial charge in [0.05, 0.1) is 0 Å². The molecular weight excluding hydrogens is 208 g/mol. The normalized spacial score (nSPS) is 10.6. The Labute approximate surface area is 103 Å². The Morgan fingerprint density at radius 2 is 1.59 bits per heavy atom. The Bertz CT molecular complexity index is 486. The quantitative estimate of drug-likeness (QED) is 0.722. The maximum Gasteiger partial charge on any atom is 0.127 e. The molecule has 1 nitrogen and oxygen atoms in total. The summed E-state index contributed by atoms with van der Waals surface area (Å²) in [5, 5.41) is 0. The zero-order chi connectivity index (χ0) is 12.3. The lowest BCUT2D eigenvalue weighted by Crippen LogP contribution is -1.93. The standard InChI is InChI=1S/C16H18O/c1-12(2)16-11-15(10-9-13(16)3)17-14-7-5-4-6-8-14/h4-12H,1-3H3. The van der Waals surface area contributed by atoms with Gasteiger partial charge in [0.15, 0.2) is 0 Å². The van der Waals surface area contributed by atoms with E-state index in [-0.39, 0.29) is 0 Å². The molecule has 0 aliphatic rings. The Hall–Kier alpha value is -1.76. The van der Waals surface area contributed by atoms with Gasteiger partial charge in [0.25, 0.3) is 0 Å². The lowest BCUT2D eigenvalue weighted by Gasteiger charge is -2.12. The fraction of sp³-hybridized carbons (Fsp3) is 0.250. The number of para-hydroxylation sites is 1. The molecule has 1 heteroatoms. The third-order valence-electron chi connectivity index (χ3n) is 2.85. The number of aryl methyl sites for hydroxylation is 1. The van der Waals surface area contributed by atoms with Crippen molar-refractivity contribution in [2.24, 2.45) is 0 Å². The van der Waals surface area contributed by atoms with Crippen molar-refractivity contribution in [3.8, 4) is 11.5 Å². The molecule has 0 aliphatic carbocycles. The van der Waals surface area contributed by atoms with Crippen molar-refractivity contribution in [1.82, 2.24) is 0 Å². The van der Waals surface area contributed by atoms with E-state index in [1.54, 1.807) is 0 Å². The maximum absolute atomic E-state index is 5.82. The molecular formula is C16H18O. The van der Waals surface area contributed by atoms with Crippen LogP contribution in [0.5, 0.6) is 11.5 Å². The predicted octanol–water partition coefficient (Wildman–Crippen LogP) is 4.91. The van der Waals surface area contributed by atoms with Crippen molar-refractivity contribution in [3.05, 3.63) is 59.7 Å². The van der Waals surface area contributed by atoms with E-state index < -0.39 is 0 Å². The molecule has 2 aromatic carbocycles. The van der Waals surface area contributed by atoms with Gasteiger partial charge in [0, 0.05) is 0 Å². The van der Waals surface area contributed by atoms with E-state index in [4.69, 9.17) is 4.74 Å². The van der Waals surface area contributed by atoms with E-state index in [1.165, 1.54) is 11.1 Å². The second kappa shape index (κ2) is 5.05. The minimum absolute atomic E-state index is 0.523. The fourth-order valence-corrected chi connectivity index (χ4v) is 1.93. The van der Waals surface area contributed by atoms with E-state index in [0.717, 1.165) is 11.5 Å². The van der Waals surface area contributed by atoms with Gasteiger partial charge >= 0.3 is 0 Å². The molecule has 0 fully saturated rings. The zero-order valence-corrected chi connectivity index (χ0v) is 10.6. The highest BCUT2D eigenvalue weighted by molar-refractivity contribution is 5.39. The first-order valence-corrected chi connectivity index (χ1v) is 6.00. The molecule has 0 amide bonds. The molecule has 0 unspecified atom stereocenters. The highest BCUT2D eigenvalue weighted by atomic mass is 16.5. The first kappa shape index (κ1) is 11.7. The molecule has 0 heterocycles. The van der Waals surface area contributed by atoms with Gasteiger partial charge in [0.1, 0.15) is 11.5 Å². The van der Waals surface area contributed by atoms with Crippen LogP contribution in [0.15, 0.2) is 48.5 Å². The van der Waals surface area contributed by atoms with Crippen LogP contribution in [0.25, 0.3) is 0 Å². The Balaban J connectivity index is 2.26. The largest absolute Gasteiger partial charge is 0.457 e. The minimum Gasteiger partial charge on any atom is -0.457 e. The van der Waals surface area contributed by atoms with Gasteiger partial charge < -0.3 is 4.74 Å². The minimum atomic E-state index is 0.523. The molecule has 0 saturated carbocycles. The van der Waals surface area contributed by atoms with Gasteiger partial charge in [-0.1, -0.05) is 38.1 Å². The monoisotopic (exact) mass is 226 g/mol. The zero-order valence-electron chi connectivity index (χ0n) is 10.6. The summed E-state index contributed by atoms with van der Waals surface area (Å²) in [6, 6.07) is 16.2. The lowest BCUT2D eigenvalue weighted by atomic mass is 9.98. The second-order valence-corrected chi connectivity index (χ2v) is 4.59. The van der Waals surface area contributed by atoms with Crippen molar-refractivity contribution in [2.45, 2.75) is 26.7 Å². The first-order chi connectivity index (χ1) is 8.16. The Kier molecular flexibility index (Phi) is 3.48. The SMILES string of the molecule is Cc1ccc(Oc2ccccc2)cc1C(C)C. The van der Waals surface area contributed by atoms with E-state index in [2.05, 4.69) is 32.9 Å². The van der Waals surface area contributed by atoms with Gasteiger partial charge in [-0.25, -0.2) is 0 Å². The summed E-state index contributed by atoms with van der Waals surface area (Å²) in [5.74, 6) is 2.31. The molecule has 2 rings (SSSR count). The van der Waals surface area contributed by atoms with Crippen LogP contribution in [0.2, 0.25) is 0 Å². The molecule has 2 aromatic rings. The van der Waals surface area contributed by atoms with Gasteiger partial charge in [-0.2, -0.15) is 0 Å². The average molecular weight is 226 g/mol. The molecule has 88 valence electrons. The van der Waals surface area contributed by atoms with Gasteiger partial charge in [0.2, 0.25) is 0 Å². The van der Waals surface area contributed by atoms with Crippen LogP contribution in [0.4, 0.5) is 0 Å². The third-order valence-corrected chi connectivity index (χ3v) is 2.85.